The van der Waals surface area contributed by atoms with E-state index in [2.05, 4.69) is 20.6 Å². The van der Waals surface area contributed by atoms with Crippen LogP contribution in [0.15, 0.2) is 35.0 Å². The first kappa shape index (κ1) is 12.2. The van der Waals surface area contributed by atoms with Gasteiger partial charge in [-0.1, -0.05) is 35.5 Å². The van der Waals surface area contributed by atoms with Crippen molar-refractivity contribution >= 4 is 5.78 Å². The van der Waals surface area contributed by atoms with E-state index in [0.29, 0.717) is 22.9 Å². The summed E-state index contributed by atoms with van der Waals surface area (Å²) in [4.78, 5) is 11.4. The quantitative estimate of drug-likeness (QED) is 0.674. The molecule has 0 amide bonds. The Morgan fingerprint density at radius 2 is 1.95 bits per heavy atom. The third-order valence-corrected chi connectivity index (χ3v) is 2.95. The number of hydrogen-bond acceptors (Lipinski definition) is 6. The first-order valence-corrected chi connectivity index (χ1v) is 6.00. The minimum atomic E-state index is -0.147. The molecule has 1 aromatic carbocycles. The van der Waals surface area contributed by atoms with Gasteiger partial charge >= 0.3 is 0 Å². The molecule has 0 atom stereocenters. The van der Waals surface area contributed by atoms with E-state index >= 15 is 0 Å². The Balaban J connectivity index is 2.13. The lowest BCUT2D eigenvalue weighted by Crippen LogP contribution is -2.03. The van der Waals surface area contributed by atoms with Gasteiger partial charge in [0.05, 0.1) is 5.69 Å². The molecule has 0 fully saturated rings. The van der Waals surface area contributed by atoms with E-state index in [-0.39, 0.29) is 5.78 Å². The van der Waals surface area contributed by atoms with Crippen LogP contribution in [-0.4, -0.2) is 31.1 Å². The van der Waals surface area contributed by atoms with E-state index in [1.165, 1.54) is 11.6 Å². The molecular weight excluding hydrogens is 258 g/mol. The first-order valence-electron chi connectivity index (χ1n) is 6.00. The molecule has 0 aliphatic heterocycles. The Kier molecular flexibility index (Phi) is 2.86. The fraction of sp³-hybridized carbons (Fsp3) is 0.154. The van der Waals surface area contributed by atoms with Crippen molar-refractivity contribution in [3.8, 4) is 17.1 Å². The van der Waals surface area contributed by atoms with Gasteiger partial charge in [-0.15, -0.1) is 5.10 Å². The average molecular weight is 269 g/mol. The van der Waals surface area contributed by atoms with Gasteiger partial charge < -0.3 is 0 Å². The van der Waals surface area contributed by atoms with Crippen LogP contribution in [0.4, 0.5) is 0 Å². The monoisotopic (exact) mass is 269 g/mol. The number of aromatic nitrogens is 5. The summed E-state index contributed by atoms with van der Waals surface area (Å²) >= 11 is 0. The maximum Gasteiger partial charge on any atom is 0.227 e. The average Bonchev–Trinajstić information content (AvgIpc) is 3.05. The molecule has 0 radical (unpaired) electrons. The minimum absolute atomic E-state index is 0.147. The molecule has 3 rings (SSSR count). The number of ketones is 1. The van der Waals surface area contributed by atoms with E-state index < -0.39 is 0 Å². The lowest BCUT2D eigenvalue weighted by molar-refractivity contribution is 0.101. The van der Waals surface area contributed by atoms with Crippen molar-refractivity contribution in [1.82, 2.24) is 25.3 Å². The van der Waals surface area contributed by atoms with Gasteiger partial charge in [0.2, 0.25) is 5.82 Å². The van der Waals surface area contributed by atoms with Crippen molar-refractivity contribution in [1.29, 1.82) is 0 Å². The largest absolute Gasteiger partial charge is 0.293 e. The Morgan fingerprint density at radius 3 is 2.60 bits per heavy atom. The summed E-state index contributed by atoms with van der Waals surface area (Å²) in [5.41, 5.74) is 2.31. The van der Waals surface area contributed by atoms with Crippen LogP contribution in [0.5, 0.6) is 0 Å². The molecule has 7 nitrogen and oxygen atoms in total. The molecule has 0 spiro atoms. The zero-order chi connectivity index (χ0) is 14.1. The summed E-state index contributed by atoms with van der Waals surface area (Å²) in [5.74, 6) is 0.264. The standard InChI is InChI=1S/C13H11N5O2/c1-8-11(9(2)19)14-17-18(8)13-12(15-20-16-13)10-6-4-3-5-7-10/h3-7H,1-2H3. The van der Waals surface area contributed by atoms with Crippen LogP contribution >= 0.6 is 0 Å². The molecule has 0 saturated carbocycles. The number of rotatable bonds is 3. The molecule has 100 valence electrons. The Bertz CT molecular complexity index is 760. The zero-order valence-electron chi connectivity index (χ0n) is 10.9. The molecule has 20 heavy (non-hydrogen) atoms. The third-order valence-electron chi connectivity index (χ3n) is 2.95. The van der Waals surface area contributed by atoms with Gasteiger partial charge in [-0.3, -0.25) is 4.79 Å². The lowest BCUT2D eigenvalue weighted by atomic mass is 10.1. The molecule has 0 unspecified atom stereocenters. The summed E-state index contributed by atoms with van der Waals surface area (Å²) in [6.07, 6.45) is 0. The van der Waals surface area contributed by atoms with Gasteiger partial charge in [0.1, 0.15) is 0 Å². The number of hydrogen-bond donors (Lipinski definition) is 0. The smallest absolute Gasteiger partial charge is 0.227 e. The van der Waals surface area contributed by atoms with Crippen LogP contribution in [0.3, 0.4) is 0 Å². The Hall–Kier alpha value is -2.83. The van der Waals surface area contributed by atoms with Crippen LogP contribution in [0.25, 0.3) is 17.1 Å². The number of carbonyl (C=O) groups is 1. The molecule has 0 aliphatic rings. The van der Waals surface area contributed by atoms with E-state index in [9.17, 15) is 4.79 Å². The second-order valence-electron chi connectivity index (χ2n) is 4.29. The van der Waals surface area contributed by atoms with Crippen molar-refractivity contribution in [2.45, 2.75) is 13.8 Å². The summed E-state index contributed by atoms with van der Waals surface area (Å²) in [6, 6.07) is 9.47. The highest BCUT2D eigenvalue weighted by molar-refractivity contribution is 5.93. The zero-order valence-corrected chi connectivity index (χ0v) is 10.9. The molecule has 7 heteroatoms. The highest BCUT2D eigenvalue weighted by Gasteiger charge is 2.20. The van der Waals surface area contributed by atoms with Gasteiger partial charge in [0, 0.05) is 12.5 Å². The maximum atomic E-state index is 11.4. The molecule has 3 aromatic rings. The fourth-order valence-corrected chi connectivity index (χ4v) is 1.96. The van der Waals surface area contributed by atoms with Crippen LogP contribution in [-0.2, 0) is 0 Å². The highest BCUT2D eigenvalue weighted by atomic mass is 16.6. The molecule has 2 heterocycles. The summed E-state index contributed by atoms with van der Waals surface area (Å²) in [6.45, 7) is 3.20. The van der Waals surface area contributed by atoms with Gasteiger partial charge in [-0.2, -0.15) is 4.68 Å². The van der Waals surface area contributed by atoms with Gasteiger partial charge in [-0.25, -0.2) is 4.63 Å². The van der Waals surface area contributed by atoms with Crippen LogP contribution in [0.1, 0.15) is 23.1 Å². The van der Waals surface area contributed by atoms with Crippen molar-refractivity contribution in [2.75, 3.05) is 0 Å². The summed E-state index contributed by atoms with van der Waals surface area (Å²) in [5, 5.41) is 15.6. The summed E-state index contributed by atoms with van der Waals surface area (Å²) < 4.78 is 6.26. The molecule has 0 aliphatic carbocycles. The van der Waals surface area contributed by atoms with Crippen molar-refractivity contribution < 1.29 is 9.42 Å². The number of benzene rings is 1. The van der Waals surface area contributed by atoms with Gasteiger partial charge in [-0.05, 0) is 17.2 Å². The Labute approximate surface area is 114 Å². The molecule has 2 aromatic heterocycles. The maximum absolute atomic E-state index is 11.4. The first-order chi connectivity index (χ1) is 9.68. The van der Waals surface area contributed by atoms with Crippen molar-refractivity contribution in [2.24, 2.45) is 0 Å². The van der Waals surface area contributed by atoms with Crippen molar-refractivity contribution in [3.05, 3.63) is 41.7 Å². The normalized spacial score (nSPS) is 10.7. The predicted molar refractivity (Wildman–Crippen MR) is 69.4 cm³/mol. The molecule has 0 saturated heterocycles. The van der Waals surface area contributed by atoms with E-state index in [4.69, 9.17) is 4.63 Å². The van der Waals surface area contributed by atoms with Gasteiger partial charge in [0.15, 0.2) is 17.2 Å². The highest BCUT2D eigenvalue weighted by Crippen LogP contribution is 2.23. The lowest BCUT2D eigenvalue weighted by Gasteiger charge is -2.00. The minimum Gasteiger partial charge on any atom is -0.293 e. The number of Topliss-reactive ketones (excluding diaryl/α,β-unsaturated/α-hetero) is 1. The molecule has 0 bridgehead atoms. The SMILES string of the molecule is CC(=O)c1nnn(-c2nonc2-c2ccccc2)c1C. The van der Waals surface area contributed by atoms with Crippen LogP contribution in [0.2, 0.25) is 0 Å². The fourth-order valence-electron chi connectivity index (χ4n) is 1.96. The van der Waals surface area contributed by atoms with E-state index in [0.717, 1.165) is 5.56 Å². The molecule has 0 N–H and O–H groups in total. The van der Waals surface area contributed by atoms with Crippen molar-refractivity contribution in [3.63, 3.8) is 0 Å². The third kappa shape index (κ3) is 1.89. The van der Waals surface area contributed by atoms with Crippen LogP contribution in [0, 0.1) is 6.92 Å². The predicted octanol–water partition coefficient (Wildman–Crippen LogP) is 1.83. The van der Waals surface area contributed by atoms with E-state index in [1.54, 1.807) is 6.92 Å². The Morgan fingerprint density at radius 1 is 1.20 bits per heavy atom. The number of carbonyl (C=O) groups excluding carboxylic acids is 1. The summed E-state index contributed by atoms with van der Waals surface area (Å²) in [7, 11) is 0. The molecular formula is C13H11N5O2. The van der Waals surface area contributed by atoms with Gasteiger partial charge in [0.25, 0.3) is 0 Å². The number of nitrogens with zero attached hydrogens (tertiary/aromatic N) is 5. The van der Waals surface area contributed by atoms with Crippen LogP contribution < -0.4 is 0 Å². The topological polar surface area (TPSA) is 86.7 Å². The van der Waals surface area contributed by atoms with E-state index in [1.807, 2.05) is 30.3 Å². The second kappa shape index (κ2) is 4.69. The second-order valence-corrected chi connectivity index (χ2v) is 4.29.